The average Bonchev–Trinajstić information content (AvgIpc) is 2.30. The molecule has 0 aliphatic heterocycles. The third kappa shape index (κ3) is 5.33. The standard InChI is InChI=1S/C12H18FIN2S/c1-17-6-4-2-3-5-16-12-7-9(13)10(14)8-11(12)15/h7-8,16H,2-6,15H2,1H3. The average molecular weight is 368 g/mol. The van der Waals surface area contributed by atoms with Crippen LogP contribution >= 0.6 is 34.4 Å². The Kier molecular flexibility index (Phi) is 7.03. The summed E-state index contributed by atoms with van der Waals surface area (Å²) in [6.45, 7) is 0.846. The van der Waals surface area contributed by atoms with Crippen LogP contribution in [0.15, 0.2) is 12.1 Å². The summed E-state index contributed by atoms with van der Waals surface area (Å²) >= 11 is 3.81. The topological polar surface area (TPSA) is 38.0 Å². The van der Waals surface area contributed by atoms with Crippen LogP contribution in [-0.2, 0) is 0 Å². The summed E-state index contributed by atoms with van der Waals surface area (Å²) in [5, 5.41) is 3.18. The lowest BCUT2D eigenvalue weighted by Gasteiger charge is -2.10. The molecule has 0 bridgehead atoms. The summed E-state index contributed by atoms with van der Waals surface area (Å²) in [6.07, 6.45) is 5.64. The summed E-state index contributed by atoms with van der Waals surface area (Å²) in [4.78, 5) is 0. The fourth-order valence-electron chi connectivity index (χ4n) is 1.49. The van der Waals surface area contributed by atoms with Crippen LogP contribution in [0.3, 0.4) is 0 Å². The molecule has 0 amide bonds. The van der Waals surface area contributed by atoms with E-state index in [0.717, 1.165) is 13.0 Å². The van der Waals surface area contributed by atoms with Crippen LogP contribution in [0.4, 0.5) is 15.8 Å². The smallest absolute Gasteiger partial charge is 0.138 e. The van der Waals surface area contributed by atoms with E-state index in [0.29, 0.717) is 14.9 Å². The highest BCUT2D eigenvalue weighted by Crippen LogP contribution is 2.24. The SMILES string of the molecule is CSCCCCCNc1cc(F)c(I)cc1N. The Balaban J connectivity index is 2.34. The number of anilines is 2. The molecule has 1 aromatic rings. The monoisotopic (exact) mass is 368 g/mol. The zero-order chi connectivity index (χ0) is 12.7. The van der Waals surface area contributed by atoms with Crippen molar-refractivity contribution in [3.8, 4) is 0 Å². The minimum absolute atomic E-state index is 0.218. The van der Waals surface area contributed by atoms with Crippen molar-refractivity contribution < 1.29 is 4.39 Å². The first-order valence-corrected chi connectivity index (χ1v) is 8.09. The Morgan fingerprint density at radius 3 is 2.82 bits per heavy atom. The fourth-order valence-corrected chi connectivity index (χ4v) is 2.47. The Labute approximate surface area is 120 Å². The van der Waals surface area contributed by atoms with E-state index >= 15 is 0 Å². The number of rotatable bonds is 7. The molecule has 0 radical (unpaired) electrons. The molecular formula is C12H18FIN2S. The van der Waals surface area contributed by atoms with E-state index < -0.39 is 0 Å². The number of halogens is 2. The summed E-state index contributed by atoms with van der Waals surface area (Å²) < 4.78 is 13.9. The number of thioether (sulfide) groups is 1. The van der Waals surface area contributed by atoms with Gasteiger partial charge >= 0.3 is 0 Å². The zero-order valence-electron chi connectivity index (χ0n) is 9.93. The van der Waals surface area contributed by atoms with Crippen LogP contribution < -0.4 is 11.1 Å². The van der Waals surface area contributed by atoms with Gasteiger partial charge in [-0.15, -0.1) is 0 Å². The van der Waals surface area contributed by atoms with Gasteiger partial charge in [0, 0.05) is 12.6 Å². The van der Waals surface area contributed by atoms with Crippen molar-refractivity contribution in [2.45, 2.75) is 19.3 Å². The Hall–Kier alpha value is -0.170. The highest BCUT2D eigenvalue weighted by Gasteiger charge is 2.04. The molecule has 0 unspecified atom stereocenters. The molecule has 17 heavy (non-hydrogen) atoms. The van der Waals surface area contributed by atoms with Gasteiger partial charge in [-0.25, -0.2) is 4.39 Å². The molecule has 0 aliphatic rings. The maximum absolute atomic E-state index is 13.3. The fraction of sp³-hybridized carbons (Fsp3) is 0.500. The molecule has 0 aliphatic carbocycles. The van der Waals surface area contributed by atoms with Crippen LogP contribution in [0.5, 0.6) is 0 Å². The molecule has 1 aromatic carbocycles. The summed E-state index contributed by atoms with van der Waals surface area (Å²) in [7, 11) is 0. The van der Waals surface area contributed by atoms with Gasteiger partial charge in [-0.2, -0.15) is 11.8 Å². The molecule has 1 rings (SSSR count). The lowest BCUT2D eigenvalue weighted by atomic mass is 10.2. The third-order valence-electron chi connectivity index (χ3n) is 2.43. The van der Waals surface area contributed by atoms with Gasteiger partial charge in [0.25, 0.3) is 0 Å². The van der Waals surface area contributed by atoms with Crippen molar-refractivity contribution in [3.63, 3.8) is 0 Å². The van der Waals surface area contributed by atoms with Crippen molar-refractivity contribution in [2.24, 2.45) is 0 Å². The Bertz CT molecular complexity index is 361. The predicted octanol–water partition coefficient (Wildman–Crippen LogP) is 3.96. The minimum atomic E-state index is -0.218. The van der Waals surface area contributed by atoms with Crippen molar-refractivity contribution in [3.05, 3.63) is 21.5 Å². The molecule has 0 heterocycles. The van der Waals surface area contributed by atoms with E-state index in [2.05, 4.69) is 11.6 Å². The zero-order valence-corrected chi connectivity index (χ0v) is 12.9. The summed E-state index contributed by atoms with van der Waals surface area (Å²) in [5.41, 5.74) is 7.13. The molecular weight excluding hydrogens is 350 g/mol. The molecule has 0 atom stereocenters. The van der Waals surface area contributed by atoms with Crippen LogP contribution in [-0.4, -0.2) is 18.6 Å². The van der Waals surface area contributed by atoms with Crippen molar-refractivity contribution in [1.82, 2.24) is 0 Å². The van der Waals surface area contributed by atoms with Crippen LogP contribution in [0.2, 0.25) is 0 Å². The van der Waals surface area contributed by atoms with Gasteiger partial charge in [0.05, 0.1) is 14.9 Å². The van der Waals surface area contributed by atoms with Crippen LogP contribution in [0, 0.1) is 9.39 Å². The molecule has 0 aromatic heterocycles. The van der Waals surface area contributed by atoms with Crippen molar-refractivity contribution in [2.75, 3.05) is 29.6 Å². The van der Waals surface area contributed by atoms with Crippen LogP contribution in [0.1, 0.15) is 19.3 Å². The molecule has 0 saturated carbocycles. The maximum Gasteiger partial charge on any atom is 0.138 e. The van der Waals surface area contributed by atoms with E-state index in [1.54, 1.807) is 6.07 Å². The lowest BCUT2D eigenvalue weighted by molar-refractivity contribution is 0.621. The number of nitrogens with two attached hydrogens (primary N) is 1. The summed E-state index contributed by atoms with van der Waals surface area (Å²) in [6, 6.07) is 3.13. The van der Waals surface area contributed by atoms with E-state index in [9.17, 15) is 4.39 Å². The number of hydrogen-bond acceptors (Lipinski definition) is 3. The van der Waals surface area contributed by atoms with Crippen molar-refractivity contribution >= 4 is 45.7 Å². The van der Waals surface area contributed by atoms with Crippen molar-refractivity contribution in [1.29, 1.82) is 0 Å². The number of benzene rings is 1. The normalized spacial score (nSPS) is 10.5. The summed E-state index contributed by atoms with van der Waals surface area (Å²) in [5.74, 6) is 0.991. The van der Waals surface area contributed by atoms with Gasteiger partial charge in [0.2, 0.25) is 0 Å². The predicted molar refractivity (Wildman–Crippen MR) is 84.3 cm³/mol. The first kappa shape index (κ1) is 14.9. The van der Waals surface area contributed by atoms with Gasteiger partial charge in [0.1, 0.15) is 5.82 Å². The lowest BCUT2D eigenvalue weighted by Crippen LogP contribution is -2.05. The number of unbranched alkanes of at least 4 members (excludes halogenated alkanes) is 2. The molecule has 5 heteroatoms. The highest BCUT2D eigenvalue weighted by molar-refractivity contribution is 14.1. The first-order chi connectivity index (χ1) is 8.15. The Morgan fingerprint density at radius 2 is 2.12 bits per heavy atom. The molecule has 3 N–H and O–H groups in total. The van der Waals surface area contributed by atoms with Crippen LogP contribution in [0.25, 0.3) is 0 Å². The first-order valence-electron chi connectivity index (χ1n) is 5.62. The quantitative estimate of drug-likeness (QED) is 0.435. The van der Waals surface area contributed by atoms with Gasteiger partial charge < -0.3 is 11.1 Å². The van der Waals surface area contributed by atoms with Gasteiger partial charge in [0.15, 0.2) is 0 Å². The highest BCUT2D eigenvalue weighted by atomic mass is 127. The second-order valence-corrected chi connectivity index (χ2v) is 5.98. The van der Waals surface area contributed by atoms with E-state index in [-0.39, 0.29) is 5.82 Å². The number of hydrogen-bond donors (Lipinski definition) is 2. The molecule has 2 nitrogen and oxygen atoms in total. The molecule has 96 valence electrons. The van der Waals surface area contributed by atoms with Gasteiger partial charge in [-0.05, 0) is 53.5 Å². The van der Waals surface area contributed by atoms with E-state index in [1.165, 1.54) is 24.7 Å². The van der Waals surface area contributed by atoms with Gasteiger partial charge in [-0.3, -0.25) is 0 Å². The van der Waals surface area contributed by atoms with E-state index in [1.807, 2.05) is 34.4 Å². The molecule has 0 saturated heterocycles. The minimum Gasteiger partial charge on any atom is -0.397 e. The second-order valence-electron chi connectivity index (χ2n) is 3.83. The van der Waals surface area contributed by atoms with E-state index in [4.69, 9.17) is 5.73 Å². The number of nitrogen functional groups attached to an aromatic ring is 1. The number of nitrogens with one attached hydrogen (secondary N) is 1. The molecule has 0 fully saturated rings. The Morgan fingerprint density at radius 1 is 1.35 bits per heavy atom. The third-order valence-corrected chi connectivity index (χ3v) is 3.96. The largest absolute Gasteiger partial charge is 0.397 e. The maximum atomic E-state index is 13.3. The van der Waals surface area contributed by atoms with Gasteiger partial charge in [-0.1, -0.05) is 6.42 Å². The second kappa shape index (κ2) is 8.02. The molecule has 0 spiro atoms.